The van der Waals surface area contributed by atoms with Crippen molar-refractivity contribution in [2.45, 2.75) is 91.1 Å². The molecule has 0 amide bonds. The Hall–Kier alpha value is -2.26. The molecule has 2 atom stereocenters. The summed E-state index contributed by atoms with van der Waals surface area (Å²) in [4.78, 5) is 21.9. The molecule has 0 heterocycles. The number of esters is 2. The predicted molar refractivity (Wildman–Crippen MR) is 116 cm³/mol. The van der Waals surface area contributed by atoms with Gasteiger partial charge in [0, 0.05) is 0 Å². The molecule has 0 N–H and O–H groups in total. The normalized spacial score (nSPS) is 14.1. The van der Waals surface area contributed by atoms with E-state index in [1.165, 1.54) is 24.5 Å². The Morgan fingerprint density at radius 3 is 1.68 bits per heavy atom. The summed E-state index contributed by atoms with van der Waals surface area (Å²) < 4.78 is 79.8. The summed E-state index contributed by atoms with van der Waals surface area (Å²) >= 11 is 0. The van der Waals surface area contributed by atoms with Gasteiger partial charge in [0.2, 0.25) is 0 Å². The number of halogens is 6. The van der Waals surface area contributed by atoms with Gasteiger partial charge >= 0.3 is 24.3 Å². The van der Waals surface area contributed by atoms with E-state index in [1.54, 1.807) is 6.92 Å². The van der Waals surface area contributed by atoms with Crippen molar-refractivity contribution in [3.05, 3.63) is 35.4 Å². The molecule has 0 radical (unpaired) electrons. The highest BCUT2D eigenvalue weighted by Crippen LogP contribution is 2.35. The van der Waals surface area contributed by atoms with Crippen LogP contribution in [0.4, 0.5) is 26.3 Å². The van der Waals surface area contributed by atoms with Crippen LogP contribution in [0.25, 0.3) is 0 Å². The number of hydrogen-bond donors (Lipinski definition) is 0. The van der Waals surface area contributed by atoms with Gasteiger partial charge in [-0.2, -0.15) is 26.3 Å². The average molecular weight is 501 g/mol. The molecule has 1 aromatic rings. The third-order valence-corrected chi connectivity index (χ3v) is 5.15. The van der Waals surface area contributed by atoms with Crippen molar-refractivity contribution in [3.8, 4) is 0 Å². The smallest absolute Gasteiger partial charge is 0.434 e. The lowest BCUT2D eigenvalue weighted by Crippen LogP contribution is -2.46. The van der Waals surface area contributed by atoms with Gasteiger partial charge in [-0.3, -0.25) is 4.79 Å². The Labute approximate surface area is 197 Å². The number of carbonyl (C=O) groups excluding carboxylic acids is 2. The minimum Gasteiger partial charge on any atom is -0.453 e. The van der Waals surface area contributed by atoms with Crippen LogP contribution in [0.1, 0.15) is 78.4 Å². The molecule has 196 valence electrons. The van der Waals surface area contributed by atoms with E-state index in [9.17, 15) is 35.9 Å². The second-order valence-electron chi connectivity index (χ2n) is 9.05. The molecule has 0 fully saturated rings. The minimum absolute atomic E-state index is 0.272. The van der Waals surface area contributed by atoms with E-state index in [-0.39, 0.29) is 5.41 Å². The molecule has 0 aliphatic heterocycles. The molecule has 0 spiro atoms. The molecule has 2 unspecified atom stereocenters. The second kappa shape index (κ2) is 13.0. The molecule has 1 rings (SSSR count). The van der Waals surface area contributed by atoms with Crippen molar-refractivity contribution in [2.24, 2.45) is 5.92 Å². The summed E-state index contributed by atoms with van der Waals surface area (Å²) in [6, 6.07) is 9.08. The van der Waals surface area contributed by atoms with Crippen molar-refractivity contribution in [1.82, 2.24) is 0 Å². The first-order chi connectivity index (χ1) is 15.3. The van der Waals surface area contributed by atoms with Crippen molar-refractivity contribution in [3.63, 3.8) is 0 Å². The average Bonchev–Trinajstić information content (AvgIpc) is 2.72. The van der Waals surface area contributed by atoms with Gasteiger partial charge in [-0.15, -0.1) is 0 Å². The number of ether oxygens (including phenoxy) is 2. The molecular weight excluding hydrogens is 466 g/mol. The third-order valence-electron chi connectivity index (χ3n) is 5.15. The fourth-order valence-corrected chi connectivity index (χ4v) is 2.47. The lowest BCUT2D eigenvalue weighted by Gasteiger charge is -2.22. The maximum absolute atomic E-state index is 12.1. The Bertz CT molecular complexity index is 750. The second-order valence-corrected chi connectivity index (χ2v) is 9.05. The maximum atomic E-state index is 12.1. The molecule has 0 saturated carbocycles. The predicted octanol–water partition coefficient (Wildman–Crippen LogP) is 7.11. The lowest BCUT2D eigenvalue weighted by atomic mass is 9.85. The van der Waals surface area contributed by atoms with Crippen LogP contribution in [0.2, 0.25) is 0 Å². The van der Waals surface area contributed by atoms with E-state index in [0.717, 1.165) is 0 Å². The van der Waals surface area contributed by atoms with E-state index in [0.29, 0.717) is 12.3 Å². The molecule has 0 aliphatic rings. The fraction of sp³-hybridized carbons (Fsp3) is 0.667. The summed E-state index contributed by atoms with van der Waals surface area (Å²) in [6.07, 6.45) is -14.3. The molecule has 4 nitrogen and oxygen atoms in total. The molecular formula is C24H34F6O4. The van der Waals surface area contributed by atoms with Gasteiger partial charge < -0.3 is 9.47 Å². The van der Waals surface area contributed by atoms with Gasteiger partial charge in [-0.25, -0.2) is 4.79 Å². The highest BCUT2D eigenvalue weighted by molar-refractivity contribution is 5.77. The summed E-state index contributed by atoms with van der Waals surface area (Å²) in [5.74, 6) is -2.80. The van der Waals surface area contributed by atoms with Crippen molar-refractivity contribution < 1.29 is 45.4 Å². The van der Waals surface area contributed by atoms with Crippen LogP contribution in [0.3, 0.4) is 0 Å². The van der Waals surface area contributed by atoms with Crippen molar-refractivity contribution in [2.75, 3.05) is 6.61 Å². The first-order valence-electron chi connectivity index (χ1n) is 10.9. The Morgan fingerprint density at radius 1 is 0.853 bits per heavy atom. The zero-order chi connectivity index (χ0) is 26.9. The quantitative estimate of drug-likeness (QED) is 0.296. The van der Waals surface area contributed by atoms with Gasteiger partial charge in [0.05, 0.1) is 5.92 Å². The maximum Gasteiger partial charge on any atom is 0.434 e. The number of carbonyl (C=O) groups is 2. The number of rotatable bonds is 7. The van der Waals surface area contributed by atoms with Gasteiger partial charge in [0.1, 0.15) is 0 Å². The Balaban J connectivity index is 0.000000679. The molecule has 0 saturated heterocycles. The van der Waals surface area contributed by atoms with Crippen molar-refractivity contribution in [1.29, 1.82) is 0 Å². The topological polar surface area (TPSA) is 52.6 Å². The lowest BCUT2D eigenvalue weighted by molar-refractivity contribution is -0.313. The summed E-state index contributed by atoms with van der Waals surface area (Å²) in [5, 5.41) is 0. The monoisotopic (exact) mass is 500 g/mol. The first kappa shape index (κ1) is 31.7. The van der Waals surface area contributed by atoms with Crippen LogP contribution in [-0.2, 0) is 24.5 Å². The molecule has 34 heavy (non-hydrogen) atoms. The molecule has 1 aromatic carbocycles. The fourth-order valence-electron chi connectivity index (χ4n) is 2.47. The SMILES string of the molecule is CCC(C)C(=O)OCC(=O)OC(C(F)(F)F)C(F)(F)F.CCC(C)c1ccc(C(C)(C)C)cc1. The van der Waals surface area contributed by atoms with Gasteiger partial charge in [-0.1, -0.05) is 72.7 Å². The minimum atomic E-state index is -5.80. The van der Waals surface area contributed by atoms with Crippen LogP contribution in [0.15, 0.2) is 24.3 Å². The Kier molecular flexibility index (Phi) is 12.1. The van der Waals surface area contributed by atoms with Crippen LogP contribution >= 0.6 is 0 Å². The summed E-state index contributed by atoms with van der Waals surface area (Å²) in [5.41, 5.74) is 3.15. The number of alkyl halides is 6. The Morgan fingerprint density at radius 2 is 1.32 bits per heavy atom. The highest BCUT2D eigenvalue weighted by Gasteiger charge is 2.59. The van der Waals surface area contributed by atoms with E-state index >= 15 is 0 Å². The standard InChI is InChI=1S/C14H22.C10H12F6O4/c1-6-11(2)12-7-9-13(10-8-12)14(3,4)5;1-3-5(2)7(18)19-4-6(17)20-8(9(11,12)13)10(14,15)16/h7-11H,6H2,1-5H3;5,8H,3-4H2,1-2H3. The third kappa shape index (κ3) is 11.2. The molecule has 0 bridgehead atoms. The van der Waals surface area contributed by atoms with Crippen LogP contribution < -0.4 is 0 Å². The largest absolute Gasteiger partial charge is 0.453 e. The summed E-state index contributed by atoms with van der Waals surface area (Å²) in [6.45, 7) is 13.0. The molecule has 10 heteroatoms. The summed E-state index contributed by atoms with van der Waals surface area (Å²) in [7, 11) is 0. The van der Waals surface area contributed by atoms with E-state index in [1.807, 2.05) is 0 Å². The number of benzene rings is 1. The van der Waals surface area contributed by atoms with E-state index < -0.39 is 42.9 Å². The first-order valence-corrected chi connectivity index (χ1v) is 10.9. The molecule has 0 aromatic heterocycles. The number of hydrogen-bond acceptors (Lipinski definition) is 4. The van der Waals surface area contributed by atoms with Gasteiger partial charge in [-0.05, 0) is 35.3 Å². The molecule has 0 aliphatic carbocycles. The van der Waals surface area contributed by atoms with Gasteiger partial charge in [0.25, 0.3) is 6.10 Å². The van der Waals surface area contributed by atoms with E-state index in [4.69, 9.17) is 0 Å². The van der Waals surface area contributed by atoms with Gasteiger partial charge in [0.15, 0.2) is 6.61 Å². The van der Waals surface area contributed by atoms with E-state index in [2.05, 4.69) is 68.4 Å². The van der Waals surface area contributed by atoms with Crippen LogP contribution in [-0.4, -0.2) is 37.0 Å². The van der Waals surface area contributed by atoms with Crippen LogP contribution in [0, 0.1) is 5.92 Å². The van der Waals surface area contributed by atoms with Crippen LogP contribution in [0.5, 0.6) is 0 Å². The zero-order valence-corrected chi connectivity index (χ0v) is 20.6. The highest BCUT2D eigenvalue weighted by atomic mass is 19.4. The van der Waals surface area contributed by atoms with Crippen molar-refractivity contribution >= 4 is 11.9 Å². The zero-order valence-electron chi connectivity index (χ0n) is 20.6.